The van der Waals surface area contributed by atoms with Crippen LogP contribution in [0.25, 0.3) is 10.4 Å². The van der Waals surface area contributed by atoms with Gasteiger partial charge in [-0.1, -0.05) is 23.7 Å². The highest BCUT2D eigenvalue weighted by atomic mass is 35.5. The Labute approximate surface area is 189 Å². The number of halogens is 1. The van der Waals surface area contributed by atoms with Gasteiger partial charge in [-0.15, -0.1) is 11.3 Å². The van der Waals surface area contributed by atoms with Crippen LogP contribution < -0.4 is 26.1 Å². The molecule has 3 rings (SSSR count). The van der Waals surface area contributed by atoms with E-state index >= 15 is 0 Å². The van der Waals surface area contributed by atoms with E-state index in [0.717, 1.165) is 15.4 Å². The van der Waals surface area contributed by atoms with E-state index in [4.69, 9.17) is 32.7 Å². The molecule has 0 atom stereocenters. The number of hydrazine groups is 1. The minimum Gasteiger partial charge on any atom is -0.493 e. The van der Waals surface area contributed by atoms with Crippen molar-refractivity contribution in [2.45, 2.75) is 19.4 Å². The van der Waals surface area contributed by atoms with E-state index in [0.29, 0.717) is 32.8 Å². The van der Waals surface area contributed by atoms with Gasteiger partial charge in [0.15, 0.2) is 11.5 Å². The summed E-state index contributed by atoms with van der Waals surface area (Å²) < 4.78 is 11.0. The molecule has 0 spiro atoms. The Hall–Kier alpha value is -2.78. The lowest BCUT2D eigenvalue weighted by atomic mass is 10.2. The van der Waals surface area contributed by atoms with E-state index < -0.39 is 11.5 Å². The molecule has 1 aromatic heterocycles. The number of hydrogen-bond acceptors (Lipinski definition) is 7. The lowest BCUT2D eigenvalue weighted by Gasteiger charge is -2.21. The molecule has 0 saturated heterocycles. The summed E-state index contributed by atoms with van der Waals surface area (Å²) in [5.41, 5.74) is 6.74. The fourth-order valence-electron chi connectivity index (χ4n) is 2.74. The number of nitrogens with two attached hydrogens (primary N) is 2. The van der Waals surface area contributed by atoms with Crippen LogP contribution in [-0.2, 0) is 0 Å². The summed E-state index contributed by atoms with van der Waals surface area (Å²) in [4.78, 5) is 14.2. The molecule has 9 heteroatoms. The third-order valence-electron chi connectivity index (χ3n) is 4.31. The first kappa shape index (κ1) is 22.9. The highest BCUT2D eigenvalue weighted by Gasteiger charge is 2.22. The highest BCUT2D eigenvalue weighted by molar-refractivity contribution is 7.18. The van der Waals surface area contributed by atoms with Crippen molar-refractivity contribution < 1.29 is 19.4 Å². The molecule has 0 saturated carbocycles. The number of nitrogen functional groups attached to an aromatic ring is 1. The molecular formula is C22H24ClN3O4S. The second-order valence-electron chi connectivity index (χ2n) is 7.51. The van der Waals surface area contributed by atoms with E-state index in [1.165, 1.54) is 18.4 Å². The summed E-state index contributed by atoms with van der Waals surface area (Å²) in [5.74, 6) is 6.46. The van der Waals surface area contributed by atoms with Gasteiger partial charge in [-0.25, -0.2) is 10.9 Å². The van der Waals surface area contributed by atoms with Gasteiger partial charge >= 0.3 is 0 Å². The second kappa shape index (κ2) is 9.15. The molecule has 1 amide bonds. The molecule has 3 aromatic rings. The van der Waals surface area contributed by atoms with Gasteiger partial charge in [0.2, 0.25) is 0 Å². The van der Waals surface area contributed by atoms with Crippen LogP contribution in [0.4, 0.5) is 11.4 Å². The van der Waals surface area contributed by atoms with Gasteiger partial charge in [0.1, 0.15) is 11.5 Å². The molecule has 0 bridgehead atoms. The van der Waals surface area contributed by atoms with E-state index in [2.05, 4.69) is 0 Å². The number of hydrogen-bond donors (Lipinski definition) is 3. The van der Waals surface area contributed by atoms with Crippen molar-refractivity contribution in [2.24, 2.45) is 5.84 Å². The Morgan fingerprint density at radius 1 is 1.16 bits per heavy atom. The monoisotopic (exact) mass is 461 g/mol. The number of carbonyl (C=O) groups excluding carboxylic acids is 1. The average Bonchev–Trinajstić information content (AvgIpc) is 3.12. The second-order valence-corrected chi connectivity index (χ2v) is 9.00. The number of methoxy groups -OCH3 is 1. The van der Waals surface area contributed by atoms with Crippen molar-refractivity contribution in [3.05, 3.63) is 58.4 Å². The number of nitrogens with zero attached hydrogens (tertiary/aromatic N) is 1. The highest BCUT2D eigenvalue weighted by Crippen LogP contribution is 2.36. The van der Waals surface area contributed by atoms with Gasteiger partial charge < -0.3 is 20.3 Å². The van der Waals surface area contributed by atoms with E-state index in [1.54, 1.807) is 50.2 Å². The molecule has 0 fully saturated rings. The molecule has 0 aliphatic carbocycles. The first-order chi connectivity index (χ1) is 14.6. The normalized spacial score (nSPS) is 11.3. The maximum absolute atomic E-state index is 13.0. The number of carbonyl (C=O) groups is 1. The Bertz CT molecular complexity index is 1080. The van der Waals surface area contributed by atoms with E-state index in [9.17, 15) is 9.90 Å². The summed E-state index contributed by atoms with van der Waals surface area (Å²) in [7, 11) is 1.48. The number of ether oxygens (including phenoxy) is 2. The third kappa shape index (κ3) is 5.48. The molecule has 1 heterocycles. The Morgan fingerprint density at radius 2 is 1.84 bits per heavy atom. The standard InChI is InChI=1S/C22H24ClN3O4S/c1-22(2,28)12-30-17-9-8-15(10-18(17)29-3)26(25)21(27)20-16(24)11-19(31-20)13-4-6-14(23)7-5-13/h4-11,28H,12,24-25H2,1-3H3. The first-order valence-corrected chi connectivity index (χ1v) is 10.6. The molecule has 2 aromatic carbocycles. The number of benzene rings is 2. The summed E-state index contributed by atoms with van der Waals surface area (Å²) in [6, 6.07) is 13.9. The van der Waals surface area contributed by atoms with Crippen LogP contribution in [-0.4, -0.2) is 30.3 Å². The number of anilines is 2. The van der Waals surface area contributed by atoms with Gasteiger partial charge in [0.05, 0.1) is 24.1 Å². The van der Waals surface area contributed by atoms with Crippen molar-refractivity contribution in [1.82, 2.24) is 0 Å². The van der Waals surface area contributed by atoms with E-state index in [1.807, 2.05) is 12.1 Å². The maximum Gasteiger partial charge on any atom is 0.284 e. The van der Waals surface area contributed by atoms with Crippen molar-refractivity contribution in [2.75, 3.05) is 24.5 Å². The summed E-state index contributed by atoms with van der Waals surface area (Å²) in [6.07, 6.45) is 0. The third-order valence-corrected chi connectivity index (χ3v) is 5.75. The maximum atomic E-state index is 13.0. The van der Waals surface area contributed by atoms with Gasteiger partial charge in [0, 0.05) is 16.0 Å². The van der Waals surface area contributed by atoms with Crippen LogP contribution in [0.15, 0.2) is 48.5 Å². The SMILES string of the molecule is COc1cc(N(N)C(=O)c2sc(-c3ccc(Cl)cc3)cc2N)ccc1OCC(C)(C)O. The quantitative estimate of drug-likeness (QED) is 0.274. The van der Waals surface area contributed by atoms with Gasteiger partial charge in [-0.2, -0.15) is 0 Å². The molecule has 31 heavy (non-hydrogen) atoms. The summed E-state index contributed by atoms with van der Waals surface area (Å²) in [6.45, 7) is 3.35. The van der Waals surface area contributed by atoms with Crippen molar-refractivity contribution >= 4 is 40.2 Å². The topological polar surface area (TPSA) is 111 Å². The average molecular weight is 462 g/mol. The van der Waals surface area contributed by atoms with Crippen LogP contribution in [0.3, 0.4) is 0 Å². The first-order valence-electron chi connectivity index (χ1n) is 9.36. The number of rotatable bonds is 7. The largest absolute Gasteiger partial charge is 0.493 e. The fraction of sp³-hybridized carbons (Fsp3) is 0.227. The predicted molar refractivity (Wildman–Crippen MR) is 125 cm³/mol. The van der Waals surface area contributed by atoms with E-state index in [-0.39, 0.29) is 6.61 Å². The summed E-state index contributed by atoms with van der Waals surface area (Å²) in [5, 5.41) is 11.5. The van der Waals surface area contributed by atoms with Gasteiger partial charge in [-0.05, 0) is 49.7 Å². The van der Waals surface area contributed by atoms with Crippen molar-refractivity contribution in [1.29, 1.82) is 0 Å². The number of aliphatic hydroxyl groups is 1. The Kier molecular flexibility index (Phi) is 6.76. The molecule has 164 valence electrons. The summed E-state index contributed by atoms with van der Waals surface area (Å²) >= 11 is 7.19. The predicted octanol–water partition coefficient (Wildman–Crippen LogP) is 4.33. The van der Waals surface area contributed by atoms with Crippen LogP contribution in [0.5, 0.6) is 11.5 Å². The Morgan fingerprint density at radius 3 is 2.45 bits per heavy atom. The van der Waals surface area contributed by atoms with Crippen LogP contribution in [0.1, 0.15) is 23.5 Å². The molecule has 7 nitrogen and oxygen atoms in total. The van der Waals surface area contributed by atoms with Gasteiger partial charge in [-0.3, -0.25) is 4.79 Å². The van der Waals surface area contributed by atoms with Crippen LogP contribution in [0.2, 0.25) is 5.02 Å². The van der Waals surface area contributed by atoms with Crippen LogP contribution >= 0.6 is 22.9 Å². The lowest BCUT2D eigenvalue weighted by Crippen LogP contribution is -2.37. The van der Waals surface area contributed by atoms with Crippen molar-refractivity contribution in [3.8, 4) is 21.9 Å². The molecule has 0 radical (unpaired) electrons. The minimum atomic E-state index is -1.00. The van der Waals surface area contributed by atoms with Crippen LogP contribution in [0, 0.1) is 0 Å². The molecular weight excluding hydrogens is 438 g/mol. The zero-order chi connectivity index (χ0) is 22.8. The lowest BCUT2D eigenvalue weighted by molar-refractivity contribution is 0.0276. The molecule has 0 aliphatic rings. The smallest absolute Gasteiger partial charge is 0.284 e. The number of amides is 1. The Balaban J connectivity index is 1.83. The zero-order valence-electron chi connectivity index (χ0n) is 17.4. The van der Waals surface area contributed by atoms with Crippen molar-refractivity contribution in [3.63, 3.8) is 0 Å². The minimum absolute atomic E-state index is 0.0766. The number of thiophene rings is 1. The molecule has 0 unspecified atom stereocenters. The fourth-order valence-corrected chi connectivity index (χ4v) is 3.88. The molecule has 0 aliphatic heterocycles. The van der Waals surface area contributed by atoms with Gasteiger partial charge in [0.25, 0.3) is 5.91 Å². The zero-order valence-corrected chi connectivity index (χ0v) is 19.0. The molecule has 5 N–H and O–H groups in total.